The smallest absolute Gasteiger partial charge is 0.303 e. The molecule has 2 heterocycles. The van der Waals surface area contributed by atoms with Crippen LogP contribution >= 0.6 is 0 Å². The fourth-order valence-corrected chi connectivity index (χ4v) is 12.1. The first kappa shape index (κ1) is 70.4. The largest absolute Gasteiger partial charge is 0.481 e. The molecular weight excluding hydrogens is 1240 g/mol. The first-order chi connectivity index (χ1) is 38.5. The average molecular weight is 1300 g/mol. The molecule has 11 N–H and O–H groups in total. The zero-order chi connectivity index (χ0) is 63.4. The molecule has 4 rings (SSSR count). The predicted molar refractivity (Wildman–Crippen MR) is 305 cm³/mol. The lowest BCUT2D eigenvalue weighted by atomic mass is 9.74. The number of allylic oxidation sites excluding steroid dienone is 6. The minimum absolute atomic E-state index is 0.0989. The van der Waals surface area contributed by atoms with Gasteiger partial charge in [-0.2, -0.15) is 55.1 Å². The molecule has 0 bridgehead atoms. The Bertz CT molecular complexity index is 3730. The van der Waals surface area contributed by atoms with Crippen LogP contribution in [0.3, 0.4) is 0 Å². The van der Waals surface area contributed by atoms with Gasteiger partial charge in [-0.3, -0.25) is 51.3 Å². The maximum atomic E-state index is 14.3. The van der Waals surface area contributed by atoms with Crippen LogP contribution in [0.15, 0.2) is 60.3 Å². The Morgan fingerprint density at radius 2 is 0.964 bits per heavy atom. The van der Waals surface area contributed by atoms with Crippen LogP contribution in [0.25, 0.3) is 0 Å². The van der Waals surface area contributed by atoms with E-state index in [1.165, 1.54) is 45.9 Å². The van der Waals surface area contributed by atoms with Crippen molar-refractivity contribution in [3.63, 3.8) is 0 Å². The number of unbranched alkanes of at least 4 members (excludes halogenated alkanes) is 2. The van der Waals surface area contributed by atoms with Gasteiger partial charge in [0.1, 0.15) is 6.54 Å². The van der Waals surface area contributed by atoms with Gasteiger partial charge in [0.05, 0.1) is 51.1 Å². The van der Waals surface area contributed by atoms with Crippen molar-refractivity contribution in [2.75, 3.05) is 78.7 Å². The number of carbonyl (C=O) groups is 5. The van der Waals surface area contributed by atoms with Gasteiger partial charge in [0, 0.05) is 96.8 Å². The summed E-state index contributed by atoms with van der Waals surface area (Å²) in [6.45, 7) is 2.06. The van der Waals surface area contributed by atoms with Gasteiger partial charge >= 0.3 is 5.97 Å². The lowest BCUT2D eigenvalue weighted by Crippen LogP contribution is -2.34. The molecule has 0 saturated carbocycles. The number of nitrogens with one attached hydrogen (secondary N) is 4. The average Bonchev–Trinajstić information content (AvgIpc) is 1.65. The van der Waals surface area contributed by atoms with Crippen LogP contribution in [0.4, 0.5) is 11.4 Å². The first-order valence-electron chi connectivity index (χ1n) is 25.4. The maximum absolute atomic E-state index is 14.3. The highest BCUT2D eigenvalue weighted by molar-refractivity contribution is 7.87. The van der Waals surface area contributed by atoms with Gasteiger partial charge in [-0.05, 0) is 64.3 Å². The molecule has 1 unspecified atom stereocenters. The van der Waals surface area contributed by atoms with E-state index in [9.17, 15) is 107 Å². The van der Waals surface area contributed by atoms with Crippen LogP contribution in [-0.4, -0.2) is 197 Å². The Balaban J connectivity index is 2.01. The highest BCUT2D eigenvalue weighted by Gasteiger charge is 2.49. The molecule has 4 amide bonds. The summed E-state index contributed by atoms with van der Waals surface area (Å²) in [7, 11) is -27.5. The molecule has 2 aliphatic heterocycles. The van der Waals surface area contributed by atoms with E-state index >= 15 is 0 Å². The summed E-state index contributed by atoms with van der Waals surface area (Å²) in [4.78, 5) is 68.5. The lowest BCUT2D eigenvalue weighted by molar-refractivity contribution is -0.437. The minimum Gasteiger partial charge on any atom is -0.481 e. The number of amides is 4. The lowest BCUT2D eigenvalue weighted by Gasteiger charge is -2.31. The Kier molecular flexibility index (Phi) is 23.8. The molecule has 36 heteroatoms. The van der Waals surface area contributed by atoms with E-state index in [4.69, 9.17) is 0 Å². The summed E-state index contributed by atoms with van der Waals surface area (Å²) in [5.74, 6) is -10.1. The number of carboxylic acid groups (broad SMARTS) is 1. The number of aliphatic carboxylic acids is 1. The van der Waals surface area contributed by atoms with E-state index in [1.54, 1.807) is 26.8 Å². The molecule has 1 atom stereocenters. The van der Waals surface area contributed by atoms with Gasteiger partial charge in [-0.15, -0.1) is 0 Å². The molecule has 84 heavy (non-hydrogen) atoms. The third kappa shape index (κ3) is 21.5. The molecule has 0 aliphatic carbocycles. The minimum atomic E-state index is -4.62. The van der Waals surface area contributed by atoms with E-state index in [2.05, 4.69) is 21.3 Å². The molecule has 0 fully saturated rings. The number of anilines is 1. The van der Waals surface area contributed by atoms with E-state index < -0.39 is 162 Å². The molecule has 2 aliphatic rings. The second-order valence-electron chi connectivity index (χ2n) is 20.2. The molecule has 0 saturated heterocycles. The zero-order valence-corrected chi connectivity index (χ0v) is 50.4. The maximum Gasteiger partial charge on any atom is 0.303 e. The van der Waals surface area contributed by atoms with Gasteiger partial charge in [-0.25, -0.2) is 0 Å². The van der Waals surface area contributed by atoms with Crippen LogP contribution in [0.1, 0.15) is 118 Å². The van der Waals surface area contributed by atoms with E-state index in [0.29, 0.717) is 17.8 Å². The van der Waals surface area contributed by atoms with Crippen molar-refractivity contribution in [1.82, 2.24) is 21.3 Å². The SMILES string of the molecule is CC1(C)C(C=CC=CC=C2N(CCCS(=O)(=O)O)c3cc(C(=O)NCCS(=O)(=O)O)cc(C(=O)NCCS(=O)(=O)O)c3C2(C)CCCCCC(=O)O)=[N+](CCCS(=O)(=O)O)c2cc(C(=O)NCCS(=O)(=O)O)cc(C(=O)NCCS(=O)(=O)O)c21. The Morgan fingerprint density at radius 3 is 1.43 bits per heavy atom. The van der Waals surface area contributed by atoms with Crippen molar-refractivity contribution in [3.05, 3.63) is 93.7 Å². The number of rotatable bonds is 33. The second-order valence-corrected chi connectivity index (χ2v) is 29.6. The number of hydrogen-bond donors (Lipinski definition) is 11. The summed E-state index contributed by atoms with van der Waals surface area (Å²) in [6.07, 6.45) is 7.72. The molecule has 2 aromatic rings. The summed E-state index contributed by atoms with van der Waals surface area (Å²) >= 11 is 0. The molecular formula is C48H67N6O24S6+. The fraction of sp³-hybridized carbons (Fsp3) is 0.500. The number of fused-ring (bicyclic) bond motifs is 2. The van der Waals surface area contributed by atoms with Crippen LogP contribution < -0.4 is 26.2 Å². The Morgan fingerprint density at radius 1 is 0.524 bits per heavy atom. The quantitative estimate of drug-likeness (QED) is 0.0205. The summed E-state index contributed by atoms with van der Waals surface area (Å²) in [5.41, 5.74) is -2.40. The topological polar surface area (TPSA) is 486 Å². The van der Waals surface area contributed by atoms with Crippen molar-refractivity contribution < 1.29 is 111 Å². The number of carboxylic acids is 1. The van der Waals surface area contributed by atoms with Crippen molar-refractivity contribution in [3.8, 4) is 0 Å². The standard InChI is InChI=1S/C48H66N6O24S6/c1-47(2)38(53(20-10-22-79(61,62)63)36-30-32(43(57)49-16-24-81(67,68)69)28-34(41(36)47)45(59)51-18-26-83(73,74)75)12-6-4-7-13-39-48(3,15-9-5-8-14-40(55)56)42-35(46(60)52-19-27-84(76,77)78)29-33(44(58)50-17-25-82(70,71)72)31-37(42)54(39)21-11-23-80(64,65)66/h4,6-7,12-13,28-31H,5,8-11,14-27H2,1-3H3,(H10-,49,50,51,52,55,56,57,58,59,60,61,62,63,64,65,66,67,68,69,70,71,72,73,74,75,76,77,78)/p+1. The van der Waals surface area contributed by atoms with Crippen LogP contribution in [0.2, 0.25) is 0 Å². The third-order valence-electron chi connectivity index (χ3n) is 13.2. The second kappa shape index (κ2) is 28.4. The van der Waals surface area contributed by atoms with E-state index in [-0.39, 0.29) is 96.4 Å². The summed E-state index contributed by atoms with van der Waals surface area (Å²) in [5, 5.41) is 18.7. The van der Waals surface area contributed by atoms with Crippen molar-refractivity contribution in [1.29, 1.82) is 0 Å². The number of benzene rings is 2. The zero-order valence-electron chi connectivity index (χ0n) is 45.5. The summed E-state index contributed by atoms with van der Waals surface area (Å²) < 4.78 is 199. The molecule has 2 aromatic carbocycles. The van der Waals surface area contributed by atoms with Gasteiger partial charge in [0.25, 0.3) is 84.3 Å². The molecule has 0 spiro atoms. The molecule has 0 radical (unpaired) electrons. The highest BCUT2D eigenvalue weighted by atomic mass is 32.2. The van der Waals surface area contributed by atoms with Crippen LogP contribution in [0.5, 0.6) is 0 Å². The van der Waals surface area contributed by atoms with Gasteiger partial charge in [-0.1, -0.05) is 31.1 Å². The van der Waals surface area contributed by atoms with Crippen molar-refractivity contribution >= 4 is 107 Å². The number of carbonyl (C=O) groups excluding carboxylic acids is 4. The predicted octanol–water partition coefficient (Wildman–Crippen LogP) is 0.898. The third-order valence-corrected chi connectivity index (χ3v) is 17.7. The molecule has 468 valence electrons. The highest BCUT2D eigenvalue weighted by Crippen LogP contribution is 2.53. The Hall–Kier alpha value is -6.06. The van der Waals surface area contributed by atoms with Crippen molar-refractivity contribution in [2.24, 2.45) is 0 Å². The molecule has 0 aromatic heterocycles. The Labute approximate surface area is 486 Å². The van der Waals surface area contributed by atoms with Crippen molar-refractivity contribution in [2.45, 2.75) is 76.5 Å². The molecule has 30 nitrogen and oxygen atoms in total. The monoisotopic (exact) mass is 1300 g/mol. The van der Waals surface area contributed by atoms with Gasteiger partial charge in [0.2, 0.25) is 5.69 Å². The van der Waals surface area contributed by atoms with E-state index in [1.807, 2.05) is 0 Å². The fourth-order valence-electron chi connectivity index (χ4n) is 9.66. The number of nitrogens with zero attached hydrogens (tertiary/aromatic N) is 2. The number of hydrogen-bond acceptors (Lipinski definition) is 18. The summed E-state index contributed by atoms with van der Waals surface area (Å²) in [6, 6.07) is 4.86. The van der Waals surface area contributed by atoms with Gasteiger partial charge < -0.3 is 31.3 Å². The van der Waals surface area contributed by atoms with Crippen LogP contribution in [-0.2, 0) is 76.3 Å². The normalized spacial score (nSPS) is 17.0. The van der Waals surface area contributed by atoms with Gasteiger partial charge in [0.15, 0.2) is 5.71 Å². The van der Waals surface area contributed by atoms with Crippen LogP contribution in [0, 0.1) is 0 Å². The van der Waals surface area contributed by atoms with E-state index in [0.717, 1.165) is 12.1 Å². The first-order valence-corrected chi connectivity index (χ1v) is 35.1.